The lowest BCUT2D eigenvalue weighted by atomic mass is 9.91. The van der Waals surface area contributed by atoms with Gasteiger partial charge in [0.15, 0.2) is 17.7 Å². The van der Waals surface area contributed by atoms with E-state index in [0.29, 0.717) is 13.0 Å². The predicted molar refractivity (Wildman–Crippen MR) is 88.1 cm³/mol. The first-order valence-corrected chi connectivity index (χ1v) is 9.29. The van der Waals surface area contributed by atoms with Crippen molar-refractivity contribution >= 4 is 18.0 Å². The van der Waals surface area contributed by atoms with E-state index in [1.54, 1.807) is 20.1 Å². The standard InChI is InChI=1S/C16H28O7S/c1-9(10-7-11(23-24-6)14(17)20-10)13(22-15(2,3)18)12-8-19-16(4,5)21-12/h9-13,18H,7-8H2,1-6H3/t9?,10?,11?,12-,13-/m0/s1. The van der Waals surface area contributed by atoms with Gasteiger partial charge < -0.3 is 28.2 Å². The van der Waals surface area contributed by atoms with Crippen molar-refractivity contribution in [3.8, 4) is 0 Å². The van der Waals surface area contributed by atoms with Crippen LogP contribution in [-0.4, -0.2) is 59.9 Å². The SMILES string of the molecule is CSOC1CC(C(C)[C@H](OC(C)(C)O)[C@@H]2COC(C)(C)O2)OC1=O. The first-order chi connectivity index (χ1) is 11.0. The molecule has 2 aliphatic heterocycles. The molecule has 0 aromatic heterocycles. The average Bonchev–Trinajstić information content (AvgIpc) is 2.98. The van der Waals surface area contributed by atoms with E-state index < -0.39 is 23.8 Å². The molecule has 24 heavy (non-hydrogen) atoms. The quantitative estimate of drug-likeness (QED) is 0.416. The molecule has 0 radical (unpaired) electrons. The second kappa shape index (κ2) is 7.47. The Morgan fingerprint density at radius 2 is 2.04 bits per heavy atom. The van der Waals surface area contributed by atoms with Crippen LogP contribution in [0.25, 0.3) is 0 Å². The Morgan fingerprint density at radius 3 is 2.54 bits per heavy atom. The molecule has 0 aromatic carbocycles. The summed E-state index contributed by atoms with van der Waals surface area (Å²) in [6, 6.07) is 0. The second-order valence-corrected chi connectivity index (χ2v) is 7.74. The maximum absolute atomic E-state index is 11.9. The minimum Gasteiger partial charge on any atom is -0.460 e. The van der Waals surface area contributed by atoms with Crippen molar-refractivity contribution in [2.45, 2.75) is 77.0 Å². The Labute approximate surface area is 147 Å². The Hall–Kier alpha value is -0.380. The van der Waals surface area contributed by atoms with Gasteiger partial charge in [0.25, 0.3) is 0 Å². The summed E-state index contributed by atoms with van der Waals surface area (Å²) < 4.78 is 28.2. The topological polar surface area (TPSA) is 83.5 Å². The molecular weight excluding hydrogens is 336 g/mol. The van der Waals surface area contributed by atoms with Gasteiger partial charge in [0, 0.05) is 18.6 Å². The smallest absolute Gasteiger partial charge is 0.337 e. The third-order valence-corrected chi connectivity index (χ3v) is 4.54. The zero-order valence-electron chi connectivity index (χ0n) is 15.1. The van der Waals surface area contributed by atoms with E-state index in [9.17, 15) is 9.90 Å². The summed E-state index contributed by atoms with van der Waals surface area (Å²) in [6.45, 7) is 9.06. The molecular formula is C16H28O7S. The van der Waals surface area contributed by atoms with Crippen molar-refractivity contribution in [3.63, 3.8) is 0 Å². The van der Waals surface area contributed by atoms with Gasteiger partial charge in [-0.1, -0.05) is 6.92 Å². The van der Waals surface area contributed by atoms with Gasteiger partial charge in [-0.25, -0.2) is 4.79 Å². The normalized spacial score (nSPS) is 32.6. The molecule has 2 fully saturated rings. The van der Waals surface area contributed by atoms with E-state index in [2.05, 4.69) is 0 Å². The van der Waals surface area contributed by atoms with Crippen LogP contribution < -0.4 is 0 Å². The van der Waals surface area contributed by atoms with E-state index in [1.807, 2.05) is 20.8 Å². The van der Waals surface area contributed by atoms with Crippen molar-refractivity contribution in [3.05, 3.63) is 0 Å². The Bertz CT molecular complexity index is 448. The average molecular weight is 364 g/mol. The number of cyclic esters (lactones) is 1. The molecule has 2 rings (SSSR count). The molecule has 0 amide bonds. The highest BCUT2D eigenvalue weighted by Crippen LogP contribution is 2.35. The monoisotopic (exact) mass is 364 g/mol. The Morgan fingerprint density at radius 1 is 1.38 bits per heavy atom. The van der Waals surface area contributed by atoms with Gasteiger partial charge in [-0.15, -0.1) is 0 Å². The first kappa shape index (κ1) is 19.9. The fraction of sp³-hybridized carbons (Fsp3) is 0.938. The lowest BCUT2D eigenvalue weighted by Gasteiger charge is -2.35. The highest BCUT2D eigenvalue weighted by atomic mass is 32.2. The maximum atomic E-state index is 11.9. The molecule has 2 aliphatic rings. The summed E-state index contributed by atoms with van der Waals surface area (Å²) in [5, 5.41) is 10.1. The van der Waals surface area contributed by atoms with Crippen LogP contribution in [0.5, 0.6) is 0 Å². The number of aliphatic hydroxyl groups is 1. The molecule has 1 N–H and O–H groups in total. The molecule has 8 heteroatoms. The zero-order valence-corrected chi connectivity index (χ0v) is 15.9. The number of hydrogen-bond donors (Lipinski definition) is 1. The fourth-order valence-electron chi connectivity index (χ4n) is 3.04. The molecule has 140 valence electrons. The Kier molecular flexibility index (Phi) is 6.21. The van der Waals surface area contributed by atoms with Gasteiger partial charge in [-0.3, -0.25) is 0 Å². The van der Waals surface area contributed by atoms with Crippen molar-refractivity contribution in [1.29, 1.82) is 0 Å². The van der Waals surface area contributed by atoms with Crippen LogP contribution in [0.4, 0.5) is 0 Å². The van der Waals surface area contributed by atoms with E-state index >= 15 is 0 Å². The largest absolute Gasteiger partial charge is 0.460 e. The molecule has 0 saturated carbocycles. The number of esters is 1. The van der Waals surface area contributed by atoms with Crippen LogP contribution in [0, 0.1) is 5.92 Å². The highest BCUT2D eigenvalue weighted by molar-refractivity contribution is 7.93. The van der Waals surface area contributed by atoms with E-state index in [-0.39, 0.29) is 24.1 Å². The first-order valence-electron chi connectivity index (χ1n) is 8.14. The summed E-state index contributed by atoms with van der Waals surface area (Å²) in [6.07, 6.45) is 0.416. The number of hydrogen-bond acceptors (Lipinski definition) is 8. The van der Waals surface area contributed by atoms with Crippen molar-refractivity contribution in [2.24, 2.45) is 5.92 Å². The molecule has 0 aromatic rings. The lowest BCUT2D eigenvalue weighted by Crippen LogP contribution is -2.46. The van der Waals surface area contributed by atoms with Crippen molar-refractivity contribution in [1.82, 2.24) is 0 Å². The Balaban J connectivity index is 2.10. The molecule has 0 spiro atoms. The molecule has 7 nitrogen and oxygen atoms in total. The van der Waals surface area contributed by atoms with Crippen LogP contribution in [-0.2, 0) is 27.9 Å². The van der Waals surface area contributed by atoms with Crippen molar-refractivity contribution in [2.75, 3.05) is 12.9 Å². The van der Waals surface area contributed by atoms with Crippen LogP contribution in [0.2, 0.25) is 0 Å². The minimum atomic E-state index is -1.34. The molecule has 0 aliphatic carbocycles. The third-order valence-electron chi connectivity index (χ3n) is 4.12. The van der Waals surface area contributed by atoms with Gasteiger partial charge in [0.1, 0.15) is 12.2 Å². The molecule has 5 atom stereocenters. The number of carbonyl (C=O) groups excluding carboxylic acids is 1. The molecule has 0 bridgehead atoms. The fourth-order valence-corrected chi connectivity index (χ4v) is 3.43. The summed E-state index contributed by atoms with van der Waals surface area (Å²) >= 11 is 1.14. The second-order valence-electron chi connectivity index (χ2n) is 7.22. The maximum Gasteiger partial charge on any atom is 0.337 e. The van der Waals surface area contributed by atoms with Gasteiger partial charge >= 0.3 is 5.97 Å². The van der Waals surface area contributed by atoms with Gasteiger partial charge in [-0.2, -0.15) is 0 Å². The predicted octanol–water partition coefficient (Wildman–Crippen LogP) is 1.87. The van der Waals surface area contributed by atoms with Crippen LogP contribution in [0.15, 0.2) is 0 Å². The summed E-state index contributed by atoms with van der Waals surface area (Å²) in [5.74, 6) is -2.61. The number of carbonyl (C=O) groups is 1. The van der Waals surface area contributed by atoms with Crippen LogP contribution in [0.1, 0.15) is 41.0 Å². The zero-order chi connectivity index (χ0) is 18.1. The van der Waals surface area contributed by atoms with Gasteiger partial charge in [0.05, 0.1) is 12.7 Å². The summed E-state index contributed by atoms with van der Waals surface area (Å²) in [7, 11) is 0. The summed E-state index contributed by atoms with van der Waals surface area (Å²) in [4.78, 5) is 11.9. The molecule has 2 saturated heterocycles. The molecule has 3 unspecified atom stereocenters. The van der Waals surface area contributed by atoms with Gasteiger partial charge in [-0.05, 0) is 39.7 Å². The number of ether oxygens (including phenoxy) is 4. The van der Waals surface area contributed by atoms with E-state index in [0.717, 1.165) is 12.0 Å². The van der Waals surface area contributed by atoms with E-state index in [1.165, 1.54) is 0 Å². The van der Waals surface area contributed by atoms with Crippen LogP contribution >= 0.6 is 12.0 Å². The third kappa shape index (κ3) is 5.06. The van der Waals surface area contributed by atoms with Crippen molar-refractivity contribution < 1.29 is 33.0 Å². The minimum absolute atomic E-state index is 0.196. The summed E-state index contributed by atoms with van der Waals surface area (Å²) in [5.41, 5.74) is 0. The lowest BCUT2D eigenvalue weighted by molar-refractivity contribution is -0.251. The van der Waals surface area contributed by atoms with E-state index in [4.69, 9.17) is 23.1 Å². The highest BCUT2D eigenvalue weighted by Gasteiger charge is 2.47. The number of rotatable bonds is 7. The molecule has 2 heterocycles. The van der Waals surface area contributed by atoms with Crippen LogP contribution in [0.3, 0.4) is 0 Å². The van der Waals surface area contributed by atoms with Gasteiger partial charge in [0.2, 0.25) is 0 Å².